The van der Waals surface area contributed by atoms with Crippen LogP contribution in [0.4, 0.5) is 5.95 Å². The minimum atomic E-state index is -0.173. The van der Waals surface area contributed by atoms with Gasteiger partial charge < -0.3 is 10.0 Å². The number of nitrogens with one attached hydrogen (secondary N) is 1. The molecule has 1 saturated heterocycles. The first-order valence-electron chi connectivity index (χ1n) is 9.76. The summed E-state index contributed by atoms with van der Waals surface area (Å²) in [5, 5.41) is 14.3. The van der Waals surface area contributed by atoms with Crippen molar-refractivity contribution in [2.24, 2.45) is 0 Å². The second-order valence-corrected chi connectivity index (χ2v) is 7.37. The Morgan fingerprint density at radius 2 is 1.72 bits per heavy atom. The molecule has 29 heavy (non-hydrogen) atoms. The molecule has 4 aromatic rings. The number of hydrogen-bond acceptors (Lipinski definition) is 5. The lowest BCUT2D eigenvalue weighted by atomic mass is 9.89. The van der Waals surface area contributed by atoms with Crippen LogP contribution in [0.3, 0.4) is 0 Å². The Kier molecular flexibility index (Phi) is 4.27. The lowest BCUT2D eigenvalue weighted by molar-refractivity contribution is 0.472. The van der Waals surface area contributed by atoms with Gasteiger partial charge in [-0.3, -0.25) is 9.78 Å². The molecule has 1 fully saturated rings. The number of rotatable bonds is 3. The van der Waals surface area contributed by atoms with Crippen molar-refractivity contribution in [3.05, 3.63) is 76.7 Å². The third-order valence-electron chi connectivity index (χ3n) is 5.59. The van der Waals surface area contributed by atoms with Crippen LogP contribution in [0.15, 0.2) is 65.6 Å². The summed E-state index contributed by atoms with van der Waals surface area (Å²) in [6, 6.07) is 17.1. The molecule has 0 radical (unpaired) electrons. The molecule has 0 amide bonds. The lowest BCUT2D eigenvalue weighted by Gasteiger charge is -2.32. The van der Waals surface area contributed by atoms with Gasteiger partial charge in [0.2, 0.25) is 5.95 Å². The molecule has 0 unspecified atom stereocenters. The summed E-state index contributed by atoms with van der Waals surface area (Å²) < 4.78 is 1.71. The average Bonchev–Trinajstić information content (AvgIpc) is 3.20. The molecular formula is C22H21N5O2. The van der Waals surface area contributed by atoms with E-state index in [4.69, 9.17) is 4.98 Å². The standard InChI is InChI=1S/C22H21N5O2/c28-18-8-6-15(7-9-18)16-10-12-26(13-11-16)22-24-20-19(21(29)25-22)14-23-27(20)17-4-2-1-3-5-17/h1-9,14,16,28H,10-13H2,(H,24,25,29). The topological polar surface area (TPSA) is 87.0 Å². The summed E-state index contributed by atoms with van der Waals surface area (Å²) in [5.41, 5.74) is 2.50. The fourth-order valence-corrected chi connectivity index (χ4v) is 3.99. The zero-order chi connectivity index (χ0) is 19.8. The molecule has 1 aliphatic rings. The van der Waals surface area contributed by atoms with Crippen molar-refractivity contribution in [3.63, 3.8) is 0 Å². The largest absolute Gasteiger partial charge is 0.508 e. The number of nitrogens with zero attached hydrogens (tertiary/aromatic N) is 4. The molecule has 7 heteroatoms. The van der Waals surface area contributed by atoms with Gasteiger partial charge >= 0.3 is 0 Å². The highest BCUT2D eigenvalue weighted by Crippen LogP contribution is 2.30. The Morgan fingerprint density at radius 3 is 2.45 bits per heavy atom. The highest BCUT2D eigenvalue weighted by molar-refractivity contribution is 5.76. The van der Waals surface area contributed by atoms with Gasteiger partial charge in [0.25, 0.3) is 5.56 Å². The van der Waals surface area contributed by atoms with Crippen LogP contribution in [0.5, 0.6) is 5.75 Å². The van der Waals surface area contributed by atoms with Crippen molar-refractivity contribution >= 4 is 17.0 Å². The number of benzene rings is 2. The minimum absolute atomic E-state index is 0.173. The highest BCUT2D eigenvalue weighted by atomic mass is 16.3. The Hall–Kier alpha value is -3.61. The molecule has 2 aromatic heterocycles. The number of piperidine rings is 1. The van der Waals surface area contributed by atoms with E-state index in [1.807, 2.05) is 42.5 Å². The van der Waals surface area contributed by atoms with Crippen LogP contribution in [0.1, 0.15) is 24.3 Å². The predicted molar refractivity (Wildman–Crippen MR) is 112 cm³/mol. The summed E-state index contributed by atoms with van der Waals surface area (Å²) >= 11 is 0. The van der Waals surface area contributed by atoms with E-state index in [1.54, 1.807) is 23.0 Å². The van der Waals surface area contributed by atoms with Crippen LogP contribution in [0, 0.1) is 0 Å². The van der Waals surface area contributed by atoms with Gasteiger partial charge in [-0.25, -0.2) is 4.68 Å². The SMILES string of the molecule is O=c1[nH]c(N2CCC(c3ccc(O)cc3)CC2)nc2c1cnn2-c1ccccc1. The van der Waals surface area contributed by atoms with Gasteiger partial charge in [0.15, 0.2) is 5.65 Å². The molecule has 0 saturated carbocycles. The van der Waals surface area contributed by atoms with Crippen LogP contribution in [-0.2, 0) is 0 Å². The summed E-state index contributed by atoms with van der Waals surface area (Å²) in [5.74, 6) is 1.32. The molecule has 0 aliphatic carbocycles. The monoisotopic (exact) mass is 387 g/mol. The molecule has 5 rings (SSSR count). The van der Waals surface area contributed by atoms with Gasteiger partial charge in [-0.2, -0.15) is 10.1 Å². The third-order valence-corrected chi connectivity index (χ3v) is 5.59. The van der Waals surface area contributed by atoms with E-state index < -0.39 is 0 Å². The second-order valence-electron chi connectivity index (χ2n) is 7.37. The van der Waals surface area contributed by atoms with Crippen LogP contribution in [0.25, 0.3) is 16.7 Å². The zero-order valence-electron chi connectivity index (χ0n) is 15.8. The van der Waals surface area contributed by atoms with Gasteiger partial charge in [0, 0.05) is 13.1 Å². The van der Waals surface area contributed by atoms with Gasteiger partial charge in [-0.1, -0.05) is 30.3 Å². The van der Waals surface area contributed by atoms with E-state index in [0.29, 0.717) is 22.9 Å². The number of aromatic nitrogens is 4. The molecule has 1 aliphatic heterocycles. The van der Waals surface area contributed by atoms with Crippen LogP contribution < -0.4 is 10.5 Å². The quantitative estimate of drug-likeness (QED) is 0.564. The highest BCUT2D eigenvalue weighted by Gasteiger charge is 2.23. The number of aromatic amines is 1. The lowest BCUT2D eigenvalue weighted by Crippen LogP contribution is -2.35. The average molecular weight is 387 g/mol. The second kappa shape index (κ2) is 7.09. The summed E-state index contributed by atoms with van der Waals surface area (Å²) in [7, 11) is 0. The Labute approximate surface area is 167 Å². The van der Waals surface area contributed by atoms with Crippen molar-refractivity contribution in [1.29, 1.82) is 0 Å². The normalized spacial score (nSPS) is 15.1. The van der Waals surface area contributed by atoms with E-state index in [-0.39, 0.29) is 11.3 Å². The Morgan fingerprint density at radius 1 is 1.00 bits per heavy atom. The summed E-state index contributed by atoms with van der Waals surface area (Å²) in [6.07, 6.45) is 3.49. The number of phenols is 1. The number of aromatic hydroxyl groups is 1. The molecule has 0 bridgehead atoms. The van der Waals surface area contributed by atoms with Crippen molar-refractivity contribution in [2.45, 2.75) is 18.8 Å². The molecule has 0 atom stereocenters. The van der Waals surface area contributed by atoms with Gasteiger partial charge in [-0.15, -0.1) is 0 Å². The van der Waals surface area contributed by atoms with Gasteiger partial charge in [0.05, 0.1) is 11.9 Å². The van der Waals surface area contributed by atoms with Crippen molar-refractivity contribution < 1.29 is 5.11 Å². The number of hydrogen-bond donors (Lipinski definition) is 2. The van der Waals surface area contributed by atoms with Crippen molar-refractivity contribution in [3.8, 4) is 11.4 Å². The number of anilines is 1. The van der Waals surface area contributed by atoms with Crippen LogP contribution in [0.2, 0.25) is 0 Å². The van der Waals surface area contributed by atoms with Crippen LogP contribution >= 0.6 is 0 Å². The fourth-order valence-electron chi connectivity index (χ4n) is 3.99. The maximum Gasteiger partial charge on any atom is 0.263 e. The maximum atomic E-state index is 12.6. The number of fused-ring (bicyclic) bond motifs is 1. The van der Waals surface area contributed by atoms with Crippen molar-refractivity contribution in [2.75, 3.05) is 18.0 Å². The van der Waals surface area contributed by atoms with Gasteiger partial charge in [0.1, 0.15) is 11.1 Å². The number of para-hydroxylation sites is 1. The summed E-state index contributed by atoms with van der Waals surface area (Å²) in [4.78, 5) is 22.4. The first kappa shape index (κ1) is 17.5. The number of H-pyrrole nitrogens is 1. The maximum absolute atomic E-state index is 12.6. The minimum Gasteiger partial charge on any atom is -0.508 e. The van der Waals surface area contributed by atoms with E-state index in [0.717, 1.165) is 31.6 Å². The Balaban J connectivity index is 1.42. The van der Waals surface area contributed by atoms with Gasteiger partial charge in [-0.05, 0) is 48.6 Å². The zero-order valence-corrected chi connectivity index (χ0v) is 15.8. The Bertz CT molecular complexity index is 1190. The smallest absolute Gasteiger partial charge is 0.263 e. The van der Waals surface area contributed by atoms with E-state index in [9.17, 15) is 9.90 Å². The number of phenolic OH excluding ortho intramolecular Hbond substituents is 1. The summed E-state index contributed by atoms with van der Waals surface area (Å²) in [6.45, 7) is 1.61. The van der Waals surface area contributed by atoms with Crippen LogP contribution in [-0.4, -0.2) is 37.9 Å². The predicted octanol–water partition coefficient (Wildman–Crippen LogP) is 3.20. The third kappa shape index (κ3) is 3.24. The van der Waals surface area contributed by atoms with Crippen molar-refractivity contribution in [1.82, 2.24) is 19.7 Å². The first-order chi connectivity index (χ1) is 14.2. The van der Waals surface area contributed by atoms with E-state index in [2.05, 4.69) is 15.0 Å². The molecule has 0 spiro atoms. The molecule has 2 N–H and O–H groups in total. The molecule has 7 nitrogen and oxygen atoms in total. The fraction of sp³-hybridized carbons (Fsp3) is 0.227. The molecule has 3 heterocycles. The molecule has 146 valence electrons. The first-order valence-corrected chi connectivity index (χ1v) is 9.76. The molecule has 2 aromatic carbocycles. The molecular weight excluding hydrogens is 366 g/mol. The van der Waals surface area contributed by atoms with E-state index in [1.165, 1.54) is 5.56 Å². The van der Waals surface area contributed by atoms with E-state index >= 15 is 0 Å².